The predicted octanol–water partition coefficient (Wildman–Crippen LogP) is 0.712. The van der Waals surface area contributed by atoms with E-state index >= 15 is 0 Å². The zero-order chi connectivity index (χ0) is 16.1. The fraction of sp³-hybridized carbons (Fsp3) is 0.462. The standard InChI is InChI=1S/C13H21N3O4S.ClH/c1-13(2,16-21(3,18)19)12(17)15-10-4-6-11(7-5-10)20-9-8-14;/h4-7,16H,8-9,14H2,1-3H3,(H,15,17);1H. The summed E-state index contributed by atoms with van der Waals surface area (Å²) in [5, 5.41) is 2.64. The monoisotopic (exact) mass is 351 g/mol. The minimum Gasteiger partial charge on any atom is -0.492 e. The van der Waals surface area contributed by atoms with Crippen LogP contribution in [-0.4, -0.2) is 39.3 Å². The number of nitrogens with one attached hydrogen (secondary N) is 2. The van der Waals surface area contributed by atoms with Crippen molar-refractivity contribution in [3.63, 3.8) is 0 Å². The highest BCUT2D eigenvalue weighted by Gasteiger charge is 2.30. The fourth-order valence-electron chi connectivity index (χ4n) is 1.61. The van der Waals surface area contributed by atoms with E-state index in [1.807, 2.05) is 0 Å². The largest absolute Gasteiger partial charge is 0.492 e. The molecule has 9 heteroatoms. The molecule has 4 N–H and O–H groups in total. The maximum Gasteiger partial charge on any atom is 0.245 e. The van der Waals surface area contributed by atoms with Crippen molar-refractivity contribution >= 4 is 34.0 Å². The average Bonchev–Trinajstić information content (AvgIpc) is 2.35. The third-order valence-corrected chi connectivity index (χ3v) is 3.39. The van der Waals surface area contributed by atoms with Gasteiger partial charge in [-0.2, -0.15) is 0 Å². The molecule has 0 saturated carbocycles. The third-order valence-electron chi connectivity index (χ3n) is 2.51. The Balaban J connectivity index is 0.00000441. The molecule has 0 fully saturated rings. The van der Waals surface area contributed by atoms with Crippen LogP contribution in [0.15, 0.2) is 24.3 Å². The molecule has 1 aromatic carbocycles. The van der Waals surface area contributed by atoms with Crippen LogP contribution in [0.1, 0.15) is 13.8 Å². The van der Waals surface area contributed by atoms with E-state index in [1.165, 1.54) is 13.8 Å². The number of sulfonamides is 1. The van der Waals surface area contributed by atoms with Gasteiger partial charge in [-0.1, -0.05) is 0 Å². The smallest absolute Gasteiger partial charge is 0.245 e. The van der Waals surface area contributed by atoms with E-state index in [1.54, 1.807) is 24.3 Å². The molecule has 1 amide bonds. The third kappa shape index (κ3) is 7.08. The van der Waals surface area contributed by atoms with Gasteiger partial charge in [-0.15, -0.1) is 12.4 Å². The Hall–Kier alpha value is -1.35. The highest BCUT2D eigenvalue weighted by atomic mass is 35.5. The van der Waals surface area contributed by atoms with Crippen LogP contribution in [0, 0.1) is 0 Å². The SMILES string of the molecule is CC(C)(NS(C)(=O)=O)C(=O)Nc1ccc(OCCN)cc1.Cl. The van der Waals surface area contributed by atoms with Gasteiger partial charge in [0.05, 0.1) is 6.26 Å². The summed E-state index contributed by atoms with van der Waals surface area (Å²) in [7, 11) is -3.48. The number of carbonyl (C=O) groups excluding carboxylic acids is 1. The molecule has 0 radical (unpaired) electrons. The van der Waals surface area contributed by atoms with Gasteiger partial charge < -0.3 is 15.8 Å². The molecular weight excluding hydrogens is 330 g/mol. The van der Waals surface area contributed by atoms with Crippen molar-refractivity contribution in [1.29, 1.82) is 0 Å². The van der Waals surface area contributed by atoms with Gasteiger partial charge in [-0.05, 0) is 38.1 Å². The summed E-state index contributed by atoms with van der Waals surface area (Å²) in [6.07, 6.45) is 1.01. The summed E-state index contributed by atoms with van der Waals surface area (Å²) < 4.78 is 30.1. The Morgan fingerprint density at radius 2 is 1.82 bits per heavy atom. The van der Waals surface area contributed by atoms with E-state index in [9.17, 15) is 13.2 Å². The minimum absolute atomic E-state index is 0. The molecule has 1 rings (SSSR count). The van der Waals surface area contributed by atoms with Gasteiger partial charge in [0.15, 0.2) is 0 Å². The van der Waals surface area contributed by atoms with Crippen LogP contribution in [0.3, 0.4) is 0 Å². The van der Waals surface area contributed by atoms with Crippen molar-refractivity contribution in [2.75, 3.05) is 24.7 Å². The molecule has 0 spiro atoms. The summed E-state index contributed by atoms with van der Waals surface area (Å²) in [4.78, 5) is 12.1. The summed E-state index contributed by atoms with van der Waals surface area (Å²) in [5.41, 5.74) is 4.63. The molecule has 0 aliphatic carbocycles. The number of hydrogen-bond acceptors (Lipinski definition) is 5. The lowest BCUT2D eigenvalue weighted by Gasteiger charge is -2.23. The van der Waals surface area contributed by atoms with E-state index in [-0.39, 0.29) is 12.4 Å². The Morgan fingerprint density at radius 1 is 1.27 bits per heavy atom. The number of halogens is 1. The summed E-state index contributed by atoms with van der Waals surface area (Å²) in [6.45, 7) is 3.81. The zero-order valence-electron chi connectivity index (χ0n) is 12.8. The molecule has 126 valence electrons. The van der Waals surface area contributed by atoms with Gasteiger partial charge in [0.1, 0.15) is 17.9 Å². The molecule has 0 aliphatic rings. The lowest BCUT2D eigenvalue weighted by Crippen LogP contribution is -2.51. The molecule has 0 saturated heterocycles. The molecule has 0 aliphatic heterocycles. The first-order valence-corrected chi connectivity index (χ1v) is 8.26. The second kappa shape index (κ2) is 8.33. The number of amides is 1. The fourth-order valence-corrected chi connectivity index (χ4v) is 2.63. The summed E-state index contributed by atoms with van der Waals surface area (Å²) in [6, 6.07) is 6.73. The van der Waals surface area contributed by atoms with E-state index in [2.05, 4.69) is 10.0 Å². The number of carbonyl (C=O) groups is 1. The van der Waals surface area contributed by atoms with Crippen LogP contribution in [0.25, 0.3) is 0 Å². The molecule has 0 heterocycles. The second-order valence-corrected chi connectivity index (χ2v) is 6.86. The van der Waals surface area contributed by atoms with Crippen LogP contribution in [0.4, 0.5) is 5.69 Å². The first kappa shape index (κ1) is 20.6. The number of nitrogens with two attached hydrogens (primary N) is 1. The summed E-state index contributed by atoms with van der Waals surface area (Å²) >= 11 is 0. The lowest BCUT2D eigenvalue weighted by atomic mass is 10.1. The molecule has 0 atom stereocenters. The minimum atomic E-state index is -3.48. The van der Waals surface area contributed by atoms with Crippen molar-refractivity contribution in [1.82, 2.24) is 4.72 Å². The molecule has 1 aromatic rings. The Morgan fingerprint density at radius 3 is 2.27 bits per heavy atom. The first-order chi connectivity index (χ1) is 9.64. The molecule has 0 unspecified atom stereocenters. The molecule has 0 aromatic heterocycles. The van der Waals surface area contributed by atoms with E-state index in [4.69, 9.17) is 10.5 Å². The van der Waals surface area contributed by atoms with Gasteiger partial charge in [-0.25, -0.2) is 13.1 Å². The topological polar surface area (TPSA) is 111 Å². The first-order valence-electron chi connectivity index (χ1n) is 6.37. The maximum absolute atomic E-state index is 12.1. The summed E-state index contributed by atoms with van der Waals surface area (Å²) in [5.74, 6) is 0.190. The number of benzene rings is 1. The van der Waals surface area contributed by atoms with Crippen LogP contribution in [0.2, 0.25) is 0 Å². The quantitative estimate of drug-likeness (QED) is 0.670. The van der Waals surface area contributed by atoms with Crippen molar-refractivity contribution in [3.05, 3.63) is 24.3 Å². The highest BCUT2D eigenvalue weighted by Crippen LogP contribution is 2.17. The number of ether oxygens (including phenoxy) is 1. The van der Waals surface area contributed by atoms with Crippen LogP contribution in [0.5, 0.6) is 5.75 Å². The molecule has 22 heavy (non-hydrogen) atoms. The van der Waals surface area contributed by atoms with Gasteiger partial charge >= 0.3 is 0 Å². The van der Waals surface area contributed by atoms with Crippen molar-refractivity contribution in [2.45, 2.75) is 19.4 Å². The second-order valence-electron chi connectivity index (χ2n) is 5.11. The zero-order valence-corrected chi connectivity index (χ0v) is 14.4. The maximum atomic E-state index is 12.1. The Bertz CT molecular complexity index is 588. The lowest BCUT2D eigenvalue weighted by molar-refractivity contribution is -0.120. The highest BCUT2D eigenvalue weighted by molar-refractivity contribution is 7.88. The van der Waals surface area contributed by atoms with Crippen LogP contribution < -0.4 is 20.5 Å². The van der Waals surface area contributed by atoms with Crippen molar-refractivity contribution in [2.24, 2.45) is 5.73 Å². The van der Waals surface area contributed by atoms with E-state index in [0.29, 0.717) is 24.6 Å². The number of anilines is 1. The number of hydrogen-bond donors (Lipinski definition) is 3. The van der Waals surface area contributed by atoms with Gasteiger partial charge in [0.2, 0.25) is 15.9 Å². The van der Waals surface area contributed by atoms with E-state index in [0.717, 1.165) is 6.26 Å². The predicted molar refractivity (Wildman–Crippen MR) is 88.9 cm³/mol. The van der Waals surface area contributed by atoms with Gasteiger partial charge in [0.25, 0.3) is 0 Å². The Labute approximate surface area is 137 Å². The van der Waals surface area contributed by atoms with Gasteiger partial charge in [0, 0.05) is 12.2 Å². The van der Waals surface area contributed by atoms with E-state index < -0.39 is 21.5 Å². The van der Waals surface area contributed by atoms with Gasteiger partial charge in [-0.3, -0.25) is 4.79 Å². The molecule has 7 nitrogen and oxygen atoms in total. The Kier molecular flexibility index (Phi) is 7.82. The molecule has 0 bridgehead atoms. The molecular formula is C13H22ClN3O4S. The normalized spacial score (nSPS) is 11.5. The van der Waals surface area contributed by atoms with Crippen molar-refractivity contribution in [3.8, 4) is 5.75 Å². The van der Waals surface area contributed by atoms with Crippen LogP contribution in [-0.2, 0) is 14.8 Å². The van der Waals surface area contributed by atoms with Crippen LogP contribution >= 0.6 is 12.4 Å². The average molecular weight is 352 g/mol. The number of rotatable bonds is 7. The van der Waals surface area contributed by atoms with Crippen molar-refractivity contribution < 1.29 is 17.9 Å².